The molecular weight excluding hydrogens is 286 g/mol. The number of imidazole rings is 1. The molecule has 3 rings (SSSR count). The van der Waals surface area contributed by atoms with Gasteiger partial charge in [0.25, 0.3) is 0 Å². The fourth-order valence-corrected chi connectivity index (χ4v) is 3.11. The van der Waals surface area contributed by atoms with E-state index in [1.54, 1.807) is 11.3 Å². The maximum atomic E-state index is 6.03. The van der Waals surface area contributed by atoms with Crippen molar-refractivity contribution in [2.75, 3.05) is 0 Å². The van der Waals surface area contributed by atoms with Gasteiger partial charge < -0.3 is 9.55 Å². The first kappa shape index (κ1) is 11.9. The minimum absolute atomic E-state index is 0.678. The number of hydrogen-bond acceptors (Lipinski definition) is 3. The van der Waals surface area contributed by atoms with Gasteiger partial charge in [0.15, 0.2) is 4.77 Å². The van der Waals surface area contributed by atoms with E-state index in [-0.39, 0.29) is 0 Å². The van der Waals surface area contributed by atoms with Crippen molar-refractivity contribution >= 4 is 46.2 Å². The third kappa shape index (κ3) is 2.09. The van der Waals surface area contributed by atoms with E-state index in [1.807, 2.05) is 35.9 Å². The summed E-state index contributed by atoms with van der Waals surface area (Å²) in [7, 11) is 0. The smallest absolute Gasteiger partial charge is 0.178 e. The van der Waals surface area contributed by atoms with Crippen LogP contribution in [-0.2, 0) is 6.54 Å². The number of halogens is 1. The molecule has 1 aromatic carbocycles. The normalized spacial score (nSPS) is 11.2. The Bertz CT molecular complexity index is 769. The van der Waals surface area contributed by atoms with Crippen molar-refractivity contribution < 1.29 is 0 Å². The molecule has 0 aliphatic carbocycles. The van der Waals surface area contributed by atoms with Crippen LogP contribution >= 0.6 is 35.2 Å². The Morgan fingerprint density at radius 2 is 2.33 bits per heavy atom. The summed E-state index contributed by atoms with van der Waals surface area (Å²) in [6, 6.07) is 5.72. The Balaban J connectivity index is 2.13. The molecule has 0 aliphatic heterocycles. The number of rotatable bonds is 2. The first-order valence-corrected chi connectivity index (χ1v) is 7.03. The average molecular weight is 296 g/mol. The zero-order valence-electron chi connectivity index (χ0n) is 9.61. The molecule has 2 aromatic heterocycles. The second-order valence-electron chi connectivity index (χ2n) is 4.04. The molecule has 0 amide bonds. The number of H-pyrrole nitrogens is 1. The summed E-state index contributed by atoms with van der Waals surface area (Å²) < 4.78 is 2.72. The SMILES string of the molecule is Cc1cnc(Cn2c(=S)[nH]c3ccc(Cl)cc32)s1. The van der Waals surface area contributed by atoms with E-state index in [4.69, 9.17) is 23.8 Å². The largest absolute Gasteiger partial charge is 0.331 e. The summed E-state index contributed by atoms with van der Waals surface area (Å²) in [5.74, 6) is 0. The highest BCUT2D eigenvalue weighted by molar-refractivity contribution is 7.71. The highest BCUT2D eigenvalue weighted by Crippen LogP contribution is 2.21. The van der Waals surface area contributed by atoms with Crippen LogP contribution in [-0.4, -0.2) is 14.5 Å². The topological polar surface area (TPSA) is 33.6 Å². The number of aromatic nitrogens is 3. The lowest BCUT2D eigenvalue weighted by Gasteiger charge is -2.01. The maximum absolute atomic E-state index is 6.03. The number of fused-ring (bicyclic) bond motifs is 1. The molecule has 0 aliphatic rings. The summed E-state index contributed by atoms with van der Waals surface area (Å²) in [4.78, 5) is 8.75. The molecule has 3 aromatic rings. The van der Waals surface area contributed by atoms with Gasteiger partial charge in [-0.15, -0.1) is 11.3 Å². The van der Waals surface area contributed by atoms with E-state index in [0.717, 1.165) is 16.0 Å². The second-order valence-corrected chi connectivity index (χ2v) is 6.18. The van der Waals surface area contributed by atoms with Crippen LogP contribution in [0.15, 0.2) is 24.4 Å². The van der Waals surface area contributed by atoms with E-state index >= 15 is 0 Å². The molecule has 0 spiro atoms. The van der Waals surface area contributed by atoms with E-state index in [0.29, 0.717) is 16.3 Å². The molecule has 3 nitrogen and oxygen atoms in total. The Morgan fingerprint density at radius 1 is 1.50 bits per heavy atom. The van der Waals surface area contributed by atoms with Gasteiger partial charge in [-0.1, -0.05) is 11.6 Å². The molecule has 0 saturated carbocycles. The molecule has 0 atom stereocenters. The van der Waals surface area contributed by atoms with Crippen LogP contribution in [0.1, 0.15) is 9.88 Å². The monoisotopic (exact) mass is 295 g/mol. The molecule has 1 N–H and O–H groups in total. The maximum Gasteiger partial charge on any atom is 0.178 e. The highest BCUT2D eigenvalue weighted by atomic mass is 35.5. The minimum atomic E-state index is 0.678. The van der Waals surface area contributed by atoms with Crippen LogP contribution in [0.4, 0.5) is 0 Å². The Kier molecular flexibility index (Phi) is 2.97. The van der Waals surface area contributed by atoms with Crippen molar-refractivity contribution in [2.24, 2.45) is 0 Å². The highest BCUT2D eigenvalue weighted by Gasteiger charge is 2.07. The summed E-state index contributed by atoms with van der Waals surface area (Å²) in [5.41, 5.74) is 2.01. The minimum Gasteiger partial charge on any atom is -0.331 e. The third-order valence-electron chi connectivity index (χ3n) is 2.70. The predicted molar refractivity (Wildman–Crippen MR) is 78.1 cm³/mol. The van der Waals surface area contributed by atoms with Crippen molar-refractivity contribution in [3.05, 3.63) is 44.1 Å². The predicted octanol–water partition coefficient (Wildman–Crippen LogP) is 4.17. The van der Waals surface area contributed by atoms with Crippen molar-refractivity contribution in [1.82, 2.24) is 14.5 Å². The van der Waals surface area contributed by atoms with Crippen molar-refractivity contribution in [1.29, 1.82) is 0 Å². The molecule has 0 bridgehead atoms. The van der Waals surface area contributed by atoms with Gasteiger partial charge >= 0.3 is 0 Å². The first-order valence-electron chi connectivity index (χ1n) is 5.43. The van der Waals surface area contributed by atoms with Gasteiger partial charge in [0, 0.05) is 16.1 Å². The molecule has 0 unspecified atom stereocenters. The van der Waals surface area contributed by atoms with E-state index in [9.17, 15) is 0 Å². The number of aryl methyl sites for hydroxylation is 1. The second kappa shape index (κ2) is 4.50. The van der Waals surface area contributed by atoms with Crippen LogP contribution in [0.25, 0.3) is 11.0 Å². The van der Waals surface area contributed by atoms with Gasteiger partial charge in [-0.25, -0.2) is 4.98 Å². The number of nitrogens with one attached hydrogen (secondary N) is 1. The number of benzene rings is 1. The lowest BCUT2D eigenvalue weighted by atomic mass is 10.3. The molecular formula is C12H10ClN3S2. The number of aromatic amines is 1. The summed E-state index contributed by atoms with van der Waals surface area (Å²) in [5, 5.41) is 1.75. The van der Waals surface area contributed by atoms with Crippen LogP contribution in [0, 0.1) is 11.7 Å². The van der Waals surface area contributed by atoms with E-state index in [2.05, 4.69) is 9.97 Å². The standard InChI is InChI=1S/C12H10ClN3S2/c1-7-5-14-11(18-7)6-16-10-4-8(13)2-3-9(10)15-12(16)17/h2-5H,6H2,1H3,(H,15,17). The number of nitrogens with zero attached hydrogens (tertiary/aromatic N) is 2. The zero-order chi connectivity index (χ0) is 12.7. The summed E-state index contributed by atoms with van der Waals surface area (Å²) in [6.07, 6.45) is 1.88. The molecule has 92 valence electrons. The summed E-state index contributed by atoms with van der Waals surface area (Å²) >= 11 is 13.1. The van der Waals surface area contributed by atoms with Crippen LogP contribution in [0.5, 0.6) is 0 Å². The van der Waals surface area contributed by atoms with Gasteiger partial charge in [-0.05, 0) is 37.3 Å². The first-order chi connectivity index (χ1) is 8.63. The van der Waals surface area contributed by atoms with Crippen LogP contribution in [0.3, 0.4) is 0 Å². The lowest BCUT2D eigenvalue weighted by molar-refractivity contribution is 0.803. The van der Waals surface area contributed by atoms with Gasteiger partial charge in [-0.3, -0.25) is 0 Å². The molecule has 0 fully saturated rings. The van der Waals surface area contributed by atoms with Gasteiger partial charge in [-0.2, -0.15) is 0 Å². The van der Waals surface area contributed by atoms with Gasteiger partial charge in [0.05, 0.1) is 17.6 Å². The zero-order valence-corrected chi connectivity index (χ0v) is 12.0. The Hall–Kier alpha value is -1.17. The quantitative estimate of drug-likeness (QED) is 0.720. The van der Waals surface area contributed by atoms with Gasteiger partial charge in [0.2, 0.25) is 0 Å². The molecule has 2 heterocycles. The van der Waals surface area contributed by atoms with Crippen molar-refractivity contribution in [3.8, 4) is 0 Å². The van der Waals surface area contributed by atoms with E-state index in [1.165, 1.54) is 4.88 Å². The fourth-order valence-electron chi connectivity index (χ4n) is 1.89. The molecule has 0 saturated heterocycles. The van der Waals surface area contributed by atoms with Crippen LogP contribution < -0.4 is 0 Å². The Morgan fingerprint density at radius 3 is 3.06 bits per heavy atom. The molecule has 6 heteroatoms. The summed E-state index contributed by atoms with van der Waals surface area (Å²) in [6.45, 7) is 2.73. The third-order valence-corrected chi connectivity index (χ3v) is 4.15. The lowest BCUT2D eigenvalue weighted by Crippen LogP contribution is -1.98. The van der Waals surface area contributed by atoms with E-state index < -0.39 is 0 Å². The number of hydrogen-bond donors (Lipinski definition) is 1. The van der Waals surface area contributed by atoms with Crippen LogP contribution in [0.2, 0.25) is 5.02 Å². The molecule has 0 radical (unpaired) electrons. The Labute approximate surface area is 118 Å². The fraction of sp³-hybridized carbons (Fsp3) is 0.167. The molecule has 18 heavy (non-hydrogen) atoms. The van der Waals surface area contributed by atoms with Crippen molar-refractivity contribution in [3.63, 3.8) is 0 Å². The number of thiazole rings is 1. The average Bonchev–Trinajstić information content (AvgIpc) is 2.86. The van der Waals surface area contributed by atoms with Gasteiger partial charge in [0.1, 0.15) is 5.01 Å². The van der Waals surface area contributed by atoms with Crippen molar-refractivity contribution in [2.45, 2.75) is 13.5 Å².